The van der Waals surface area contributed by atoms with E-state index in [4.69, 9.17) is 4.42 Å². The molecule has 1 amide bonds. The first kappa shape index (κ1) is 20.4. The van der Waals surface area contributed by atoms with E-state index in [0.717, 1.165) is 22.2 Å². The number of aliphatic hydroxyl groups excluding tert-OH is 1. The highest BCUT2D eigenvalue weighted by Gasteiger charge is 2.44. The number of benzene rings is 1. The number of furan rings is 1. The predicted molar refractivity (Wildman–Crippen MR) is 105 cm³/mol. The normalized spacial score (nSPS) is 20.8. The van der Waals surface area contributed by atoms with Crippen LogP contribution < -0.4 is 5.32 Å². The van der Waals surface area contributed by atoms with Crippen molar-refractivity contribution >= 4 is 16.9 Å². The smallest absolute Gasteiger partial charge is 0.414 e. The van der Waals surface area contributed by atoms with Gasteiger partial charge in [0.2, 0.25) is 0 Å². The van der Waals surface area contributed by atoms with Gasteiger partial charge in [0.05, 0.1) is 12.0 Å². The zero-order valence-electron chi connectivity index (χ0n) is 16.0. The van der Waals surface area contributed by atoms with Gasteiger partial charge in [0, 0.05) is 28.8 Å². The van der Waals surface area contributed by atoms with Gasteiger partial charge in [0.25, 0.3) is 5.91 Å². The molecule has 0 aliphatic heterocycles. The first-order valence-corrected chi connectivity index (χ1v) is 9.81. The summed E-state index contributed by atoms with van der Waals surface area (Å²) in [6.07, 6.45) is -2.36. The Balaban J connectivity index is 1.38. The van der Waals surface area contributed by atoms with Crippen LogP contribution in [0.4, 0.5) is 13.2 Å². The van der Waals surface area contributed by atoms with Gasteiger partial charge in [-0.3, -0.25) is 9.78 Å². The van der Waals surface area contributed by atoms with Crippen LogP contribution in [0.5, 0.6) is 0 Å². The Morgan fingerprint density at radius 1 is 1.10 bits per heavy atom. The van der Waals surface area contributed by atoms with Gasteiger partial charge in [0.1, 0.15) is 5.58 Å². The van der Waals surface area contributed by atoms with Gasteiger partial charge in [-0.25, -0.2) is 0 Å². The van der Waals surface area contributed by atoms with Crippen molar-refractivity contribution in [3.05, 3.63) is 54.4 Å². The summed E-state index contributed by atoms with van der Waals surface area (Å²) in [5.41, 5.74) is 2.80. The second-order valence-electron chi connectivity index (χ2n) is 7.64. The summed E-state index contributed by atoms with van der Waals surface area (Å²) in [5, 5.41) is 13.2. The minimum absolute atomic E-state index is 0.199. The lowest BCUT2D eigenvalue weighted by atomic mass is 9.82. The number of halogens is 3. The Morgan fingerprint density at radius 2 is 1.80 bits per heavy atom. The third kappa shape index (κ3) is 4.18. The number of pyridine rings is 1. The molecule has 0 spiro atoms. The van der Waals surface area contributed by atoms with E-state index in [1.807, 2.05) is 6.07 Å². The fourth-order valence-electron chi connectivity index (χ4n) is 4.02. The number of amides is 1. The van der Waals surface area contributed by atoms with Gasteiger partial charge < -0.3 is 14.8 Å². The number of hydrogen-bond acceptors (Lipinski definition) is 4. The molecule has 5 nitrogen and oxygen atoms in total. The number of rotatable bonds is 4. The van der Waals surface area contributed by atoms with Gasteiger partial charge in [-0.05, 0) is 55.9 Å². The molecule has 1 fully saturated rings. The molecule has 0 saturated heterocycles. The zero-order valence-corrected chi connectivity index (χ0v) is 16.0. The minimum Gasteiger partial charge on any atom is -0.464 e. The third-order valence-corrected chi connectivity index (χ3v) is 5.69. The van der Waals surface area contributed by atoms with E-state index in [1.165, 1.54) is 0 Å². The SMILES string of the molecule is O=C(NC1CCC(C(O)C(F)(F)F)CC1)c1ccc(-c2nccc3occc23)cc1. The van der Waals surface area contributed by atoms with Crippen LogP contribution in [0.15, 0.2) is 53.3 Å². The lowest BCUT2D eigenvalue weighted by molar-refractivity contribution is -0.222. The number of aliphatic hydroxyl groups is 1. The molecule has 4 rings (SSSR count). The molecule has 1 unspecified atom stereocenters. The highest BCUT2D eigenvalue weighted by Crippen LogP contribution is 2.34. The Labute approximate surface area is 170 Å². The summed E-state index contributed by atoms with van der Waals surface area (Å²) >= 11 is 0. The van der Waals surface area contributed by atoms with E-state index in [1.54, 1.807) is 42.8 Å². The first-order chi connectivity index (χ1) is 14.3. The van der Waals surface area contributed by atoms with Crippen molar-refractivity contribution in [3.63, 3.8) is 0 Å². The standard InChI is InChI=1S/C22H21F3N2O3/c23-22(24,25)20(28)14-5-7-16(8-6-14)27-21(29)15-3-1-13(2-4-15)19-17-10-12-30-18(17)9-11-26-19/h1-4,9-12,14,16,20,28H,5-8H2,(H,27,29). The Bertz CT molecular complexity index is 1020. The highest BCUT2D eigenvalue weighted by molar-refractivity contribution is 5.96. The topological polar surface area (TPSA) is 75.4 Å². The number of nitrogens with one attached hydrogen (secondary N) is 1. The number of hydrogen-bond donors (Lipinski definition) is 2. The molecule has 1 atom stereocenters. The zero-order chi connectivity index (χ0) is 21.3. The molecule has 2 N–H and O–H groups in total. The van der Waals surface area contributed by atoms with E-state index >= 15 is 0 Å². The number of nitrogens with zero attached hydrogens (tertiary/aromatic N) is 1. The molecule has 30 heavy (non-hydrogen) atoms. The van der Waals surface area contributed by atoms with Gasteiger partial charge in [-0.15, -0.1) is 0 Å². The van der Waals surface area contributed by atoms with Crippen molar-refractivity contribution in [2.45, 2.75) is 44.0 Å². The maximum absolute atomic E-state index is 12.7. The van der Waals surface area contributed by atoms with E-state index < -0.39 is 18.2 Å². The van der Waals surface area contributed by atoms with Crippen molar-refractivity contribution < 1.29 is 27.5 Å². The van der Waals surface area contributed by atoms with E-state index in [0.29, 0.717) is 18.4 Å². The number of alkyl halides is 3. The molecule has 0 bridgehead atoms. The number of carbonyl (C=O) groups is 1. The molecule has 3 aromatic rings. The van der Waals surface area contributed by atoms with Crippen molar-refractivity contribution in [2.24, 2.45) is 5.92 Å². The summed E-state index contributed by atoms with van der Waals surface area (Å²) < 4.78 is 43.4. The van der Waals surface area contributed by atoms with Crippen LogP contribution in [-0.4, -0.2) is 34.3 Å². The summed E-state index contributed by atoms with van der Waals surface area (Å²) in [6, 6.07) is 10.4. The third-order valence-electron chi connectivity index (χ3n) is 5.69. The Morgan fingerprint density at radius 3 is 2.47 bits per heavy atom. The maximum atomic E-state index is 12.7. The largest absolute Gasteiger partial charge is 0.464 e. The Hall–Kier alpha value is -2.87. The van der Waals surface area contributed by atoms with E-state index in [2.05, 4.69) is 10.3 Å². The van der Waals surface area contributed by atoms with Gasteiger partial charge in [-0.2, -0.15) is 13.2 Å². The molecule has 2 aromatic heterocycles. The van der Waals surface area contributed by atoms with Crippen LogP contribution in [0.25, 0.3) is 22.2 Å². The van der Waals surface area contributed by atoms with Crippen LogP contribution in [-0.2, 0) is 0 Å². The summed E-state index contributed by atoms with van der Waals surface area (Å²) in [7, 11) is 0. The van der Waals surface area contributed by atoms with Crippen molar-refractivity contribution in [1.82, 2.24) is 10.3 Å². The maximum Gasteiger partial charge on any atom is 0.414 e. The molecule has 1 aliphatic rings. The number of fused-ring (bicyclic) bond motifs is 1. The monoisotopic (exact) mass is 418 g/mol. The quantitative estimate of drug-likeness (QED) is 0.644. The second-order valence-corrected chi connectivity index (χ2v) is 7.64. The molecule has 2 heterocycles. The number of carbonyl (C=O) groups excluding carboxylic acids is 1. The molecule has 8 heteroatoms. The molecule has 1 aliphatic carbocycles. The summed E-state index contributed by atoms with van der Waals surface area (Å²) in [5.74, 6) is -1.08. The summed E-state index contributed by atoms with van der Waals surface area (Å²) in [6.45, 7) is 0. The molecule has 1 saturated carbocycles. The average Bonchev–Trinajstić information content (AvgIpc) is 3.22. The highest BCUT2D eigenvalue weighted by atomic mass is 19.4. The fraction of sp³-hybridized carbons (Fsp3) is 0.364. The van der Waals surface area contributed by atoms with E-state index in [-0.39, 0.29) is 24.8 Å². The average molecular weight is 418 g/mol. The van der Waals surface area contributed by atoms with Crippen molar-refractivity contribution in [2.75, 3.05) is 0 Å². The van der Waals surface area contributed by atoms with Crippen LogP contribution in [0.1, 0.15) is 36.0 Å². The van der Waals surface area contributed by atoms with Crippen LogP contribution in [0.3, 0.4) is 0 Å². The van der Waals surface area contributed by atoms with Gasteiger partial charge >= 0.3 is 6.18 Å². The predicted octanol–water partition coefficient (Wildman–Crippen LogP) is 4.71. The molecule has 0 radical (unpaired) electrons. The van der Waals surface area contributed by atoms with Crippen molar-refractivity contribution in [3.8, 4) is 11.3 Å². The summed E-state index contributed by atoms with van der Waals surface area (Å²) in [4.78, 5) is 16.9. The number of aromatic nitrogens is 1. The molecular weight excluding hydrogens is 397 g/mol. The fourth-order valence-corrected chi connectivity index (χ4v) is 4.02. The lowest BCUT2D eigenvalue weighted by Crippen LogP contribution is -2.42. The Kier molecular flexibility index (Phi) is 5.51. The van der Waals surface area contributed by atoms with Crippen molar-refractivity contribution in [1.29, 1.82) is 0 Å². The van der Waals surface area contributed by atoms with Gasteiger partial charge in [-0.1, -0.05) is 12.1 Å². The molecule has 1 aromatic carbocycles. The first-order valence-electron chi connectivity index (χ1n) is 9.81. The van der Waals surface area contributed by atoms with Crippen LogP contribution in [0, 0.1) is 5.92 Å². The van der Waals surface area contributed by atoms with Crippen LogP contribution in [0.2, 0.25) is 0 Å². The minimum atomic E-state index is -4.60. The second kappa shape index (κ2) is 8.10. The van der Waals surface area contributed by atoms with Crippen LogP contribution >= 0.6 is 0 Å². The lowest BCUT2D eigenvalue weighted by Gasteiger charge is -2.32. The van der Waals surface area contributed by atoms with E-state index in [9.17, 15) is 23.1 Å². The molecular formula is C22H21F3N2O3. The van der Waals surface area contributed by atoms with Gasteiger partial charge in [0.15, 0.2) is 6.10 Å². The molecule has 158 valence electrons.